The van der Waals surface area contributed by atoms with Crippen LogP contribution in [0, 0.1) is 58.2 Å². The van der Waals surface area contributed by atoms with E-state index in [-0.39, 0.29) is 0 Å². The van der Waals surface area contributed by atoms with E-state index in [9.17, 15) is 54.1 Å². The normalized spacial score (nSPS) is 14.1. The fraction of sp³-hybridized carbons (Fsp3) is 0.375. The molecular formula is C32H30F10O2Zr. The average Bonchev–Trinajstić information content (AvgIpc) is 3.57. The molecular weight excluding hydrogens is 698 g/mol. The largest absolute Gasteiger partial charge is 0.868 e. The van der Waals surface area contributed by atoms with E-state index in [1.54, 1.807) is 22.3 Å². The topological polar surface area (TPSA) is 46.1 Å². The van der Waals surface area contributed by atoms with Crippen LogP contribution in [-0.4, -0.2) is 0 Å². The number of hydrogen-bond acceptors (Lipinski definition) is 2. The predicted molar refractivity (Wildman–Crippen MR) is 141 cm³/mol. The molecule has 0 N–H and O–H groups in total. The number of unbranched alkanes of at least 4 members (excludes halogenated alkanes) is 2. The zero-order valence-electron chi connectivity index (χ0n) is 24.9. The van der Waals surface area contributed by atoms with Gasteiger partial charge in [0.05, 0.1) is 0 Å². The van der Waals surface area contributed by atoms with Gasteiger partial charge in [0.15, 0.2) is 58.2 Å². The van der Waals surface area contributed by atoms with E-state index in [2.05, 4.69) is 39.8 Å². The van der Waals surface area contributed by atoms with Crippen LogP contribution >= 0.6 is 0 Å². The minimum Gasteiger partial charge on any atom is -0.868 e. The number of hydrogen-bond donors (Lipinski definition) is 0. The molecule has 2 aliphatic rings. The van der Waals surface area contributed by atoms with Crippen LogP contribution in [0.15, 0.2) is 41.0 Å². The monoisotopic (exact) mass is 726 g/mol. The molecule has 2 aliphatic carbocycles. The van der Waals surface area contributed by atoms with Gasteiger partial charge in [-0.2, -0.15) is 0 Å². The van der Waals surface area contributed by atoms with Gasteiger partial charge in [0.25, 0.3) is 0 Å². The van der Waals surface area contributed by atoms with E-state index in [1.165, 1.54) is 51.4 Å². The summed E-state index contributed by atoms with van der Waals surface area (Å²) in [6.45, 7) is 9.37. The van der Waals surface area contributed by atoms with Crippen LogP contribution in [0.1, 0.15) is 79.1 Å². The Bertz CT molecular complexity index is 1220. The Morgan fingerprint density at radius 3 is 1.04 bits per heavy atom. The maximum Gasteiger partial charge on any atom is 0.200 e. The molecule has 0 aromatic heterocycles. The first-order valence-corrected chi connectivity index (χ1v) is 16.5. The summed E-state index contributed by atoms with van der Waals surface area (Å²) in [5.74, 6) is -27.2. The zero-order valence-corrected chi connectivity index (χ0v) is 27.4. The Kier molecular flexibility index (Phi) is 14.7. The first-order valence-electron chi connectivity index (χ1n) is 14.0. The Morgan fingerprint density at radius 2 is 0.778 bits per heavy atom. The van der Waals surface area contributed by atoms with Crippen molar-refractivity contribution >= 4 is 0 Å². The molecule has 2 aromatic carbocycles. The molecule has 0 atom stereocenters. The quantitative estimate of drug-likeness (QED) is 0.155. The third-order valence-corrected chi connectivity index (χ3v) is 11.9. The summed E-state index contributed by atoms with van der Waals surface area (Å²) in [6, 6.07) is 0. The van der Waals surface area contributed by atoms with Crippen molar-refractivity contribution in [1.29, 1.82) is 0 Å². The second kappa shape index (κ2) is 17.2. The second-order valence-corrected chi connectivity index (χ2v) is 13.4. The van der Waals surface area contributed by atoms with E-state index in [4.69, 9.17) is 0 Å². The van der Waals surface area contributed by atoms with Crippen LogP contribution in [0.5, 0.6) is 11.5 Å². The summed E-state index contributed by atoms with van der Waals surface area (Å²) >= 11 is -0.585. The third-order valence-electron chi connectivity index (χ3n) is 6.99. The van der Waals surface area contributed by atoms with Gasteiger partial charge >= 0.3 is 143 Å². The molecule has 0 aliphatic heterocycles. The maximum absolute atomic E-state index is 12.1. The summed E-state index contributed by atoms with van der Waals surface area (Å²) in [5, 5.41) is 20.3. The van der Waals surface area contributed by atoms with Gasteiger partial charge in [-0.05, 0) is 11.5 Å². The Labute approximate surface area is 266 Å². The molecule has 0 saturated heterocycles. The van der Waals surface area contributed by atoms with Gasteiger partial charge in [-0.1, -0.05) is 0 Å². The Hall–Kier alpha value is -2.82. The fourth-order valence-electron chi connectivity index (χ4n) is 4.37. The van der Waals surface area contributed by atoms with Gasteiger partial charge in [-0.25, -0.2) is 43.9 Å². The molecule has 0 unspecified atom stereocenters. The molecule has 2 aromatic rings. The van der Waals surface area contributed by atoms with Crippen molar-refractivity contribution in [3.8, 4) is 11.5 Å². The van der Waals surface area contributed by atoms with Crippen molar-refractivity contribution < 1.29 is 77.4 Å². The van der Waals surface area contributed by atoms with Crippen molar-refractivity contribution in [3.05, 3.63) is 99.2 Å². The standard InChI is InChI=1S/2C10H15.2C6HF5O.Zr/c2*1-3-4-5-10-7-6-9(2)8-10;2*7-1-2(8)4(10)6(12)5(11)3(1)9;/h2*7H,3-6H2,1-2H3;2*12H;/q;;;;+2/p-2. The molecule has 0 spiro atoms. The Morgan fingerprint density at radius 1 is 0.511 bits per heavy atom. The van der Waals surface area contributed by atoms with E-state index < -0.39 is 92.9 Å². The van der Waals surface area contributed by atoms with E-state index in [0.29, 0.717) is 0 Å². The summed E-state index contributed by atoms with van der Waals surface area (Å²) in [6.07, 6.45) is 15.5. The fourth-order valence-corrected chi connectivity index (χ4v) is 8.44. The summed E-state index contributed by atoms with van der Waals surface area (Å²) in [5.41, 5.74) is 6.83. The molecule has 0 heterocycles. The summed E-state index contributed by atoms with van der Waals surface area (Å²) in [4.78, 5) is 0. The number of rotatable bonds is 8. The summed E-state index contributed by atoms with van der Waals surface area (Å²) in [7, 11) is 0. The molecule has 4 rings (SSSR count). The van der Waals surface area contributed by atoms with E-state index in [0.717, 1.165) is 0 Å². The predicted octanol–water partition coefficient (Wildman–Crippen LogP) is 9.57. The molecule has 0 amide bonds. The Balaban J connectivity index is 0.000000252. The van der Waals surface area contributed by atoms with Crippen LogP contribution in [0.25, 0.3) is 0 Å². The first kappa shape index (κ1) is 38.4. The van der Waals surface area contributed by atoms with Gasteiger partial charge in [-0.15, -0.1) is 0 Å². The smallest absolute Gasteiger partial charge is 0.200 e. The van der Waals surface area contributed by atoms with Crippen molar-refractivity contribution in [2.24, 2.45) is 0 Å². The number of allylic oxidation sites excluding steroid dienone is 8. The molecule has 0 fully saturated rings. The molecule has 13 heteroatoms. The SMILES string of the molecule is CCCCC1=CCC(C)=[C]1[Zr+2][C]1=C(C)CC=C1CCCC.[O-]c1c(F)c(F)c(F)c(F)c1F.[O-]c1c(F)c(F)c(F)c(F)c1F. The summed E-state index contributed by atoms with van der Waals surface area (Å²) < 4.78 is 125. The van der Waals surface area contributed by atoms with Gasteiger partial charge in [-0.3, -0.25) is 0 Å². The van der Waals surface area contributed by atoms with Gasteiger partial charge in [0.2, 0.25) is 0 Å². The minimum atomic E-state index is -2.33. The third kappa shape index (κ3) is 9.14. The average molecular weight is 728 g/mol. The molecule has 45 heavy (non-hydrogen) atoms. The van der Waals surface area contributed by atoms with Gasteiger partial charge < -0.3 is 10.2 Å². The van der Waals surface area contributed by atoms with E-state index >= 15 is 0 Å². The number of benzene rings is 2. The van der Waals surface area contributed by atoms with Crippen molar-refractivity contribution in [2.75, 3.05) is 0 Å². The first-order chi connectivity index (χ1) is 21.1. The van der Waals surface area contributed by atoms with Crippen molar-refractivity contribution in [3.63, 3.8) is 0 Å². The van der Waals surface area contributed by atoms with Gasteiger partial charge in [0.1, 0.15) is 0 Å². The van der Waals surface area contributed by atoms with Crippen LogP contribution in [0.3, 0.4) is 0 Å². The van der Waals surface area contributed by atoms with Crippen LogP contribution in [0.2, 0.25) is 0 Å². The molecule has 244 valence electrons. The van der Waals surface area contributed by atoms with E-state index in [1.807, 2.05) is 6.56 Å². The molecule has 0 radical (unpaired) electrons. The van der Waals surface area contributed by atoms with Crippen LogP contribution < -0.4 is 10.2 Å². The molecule has 0 saturated carbocycles. The molecule has 2 nitrogen and oxygen atoms in total. The van der Waals surface area contributed by atoms with Crippen molar-refractivity contribution in [1.82, 2.24) is 0 Å². The van der Waals surface area contributed by atoms with Crippen LogP contribution in [0.4, 0.5) is 43.9 Å². The second-order valence-electron chi connectivity index (χ2n) is 10.3. The maximum atomic E-state index is 12.1. The zero-order chi connectivity index (χ0) is 34.2. The van der Waals surface area contributed by atoms with Crippen molar-refractivity contribution in [2.45, 2.75) is 79.1 Å². The molecule has 0 bridgehead atoms. The number of halogens is 10. The minimum absolute atomic E-state index is 0.585. The van der Waals surface area contributed by atoms with Gasteiger partial charge in [0, 0.05) is 0 Å². The van der Waals surface area contributed by atoms with Crippen LogP contribution in [-0.2, 0) is 23.2 Å².